The summed E-state index contributed by atoms with van der Waals surface area (Å²) in [5.74, 6) is 0.710. The number of para-hydroxylation sites is 2. The highest BCUT2D eigenvalue weighted by Gasteiger charge is 2.38. The zero-order chi connectivity index (χ0) is 21.3. The molecule has 2 amide bonds. The van der Waals surface area contributed by atoms with E-state index in [1.165, 1.54) is 5.56 Å². The maximum absolute atomic E-state index is 13.1. The Morgan fingerprint density at radius 2 is 1.73 bits per heavy atom. The van der Waals surface area contributed by atoms with Gasteiger partial charge in [0.25, 0.3) is 0 Å². The molecule has 4 rings (SSSR count). The number of anilines is 2. The number of ether oxygens (including phenoxy) is 1. The largest absolute Gasteiger partial charge is 0.495 e. The fourth-order valence-corrected chi connectivity index (χ4v) is 4.53. The first-order valence-corrected chi connectivity index (χ1v) is 10.5. The molecule has 2 fully saturated rings. The van der Waals surface area contributed by atoms with Crippen LogP contribution >= 0.6 is 0 Å². The lowest BCUT2D eigenvalue weighted by Crippen LogP contribution is -2.50. The van der Waals surface area contributed by atoms with Crippen molar-refractivity contribution in [3.05, 3.63) is 53.6 Å². The topological polar surface area (TPSA) is 53.1 Å². The molecule has 0 aliphatic carbocycles. The van der Waals surface area contributed by atoms with Gasteiger partial charge in [-0.3, -0.25) is 9.59 Å². The Morgan fingerprint density at radius 1 is 1.00 bits per heavy atom. The van der Waals surface area contributed by atoms with Gasteiger partial charge in [-0.15, -0.1) is 0 Å². The van der Waals surface area contributed by atoms with Gasteiger partial charge in [0.05, 0.1) is 18.7 Å². The molecule has 2 aliphatic rings. The lowest BCUT2D eigenvalue weighted by Gasteiger charge is -2.37. The fourth-order valence-electron chi connectivity index (χ4n) is 4.53. The lowest BCUT2D eigenvalue weighted by molar-refractivity contribution is -0.136. The summed E-state index contributed by atoms with van der Waals surface area (Å²) in [6.07, 6.45) is 0.291. The van der Waals surface area contributed by atoms with Crippen LogP contribution in [0.4, 0.5) is 11.4 Å². The molecule has 0 aromatic heterocycles. The molecule has 2 saturated heterocycles. The van der Waals surface area contributed by atoms with Crippen molar-refractivity contribution in [3.63, 3.8) is 0 Å². The average Bonchev–Trinajstić information content (AvgIpc) is 3.14. The number of carbonyl (C=O) groups excluding carboxylic acids is 2. The van der Waals surface area contributed by atoms with Gasteiger partial charge in [0.1, 0.15) is 5.75 Å². The second kappa shape index (κ2) is 8.38. The summed E-state index contributed by atoms with van der Waals surface area (Å²) in [5.41, 5.74) is 4.22. The molecule has 2 aliphatic heterocycles. The van der Waals surface area contributed by atoms with Crippen LogP contribution < -0.4 is 14.5 Å². The Morgan fingerprint density at radius 3 is 2.43 bits per heavy atom. The summed E-state index contributed by atoms with van der Waals surface area (Å²) in [4.78, 5) is 31.7. The molecule has 2 aromatic rings. The van der Waals surface area contributed by atoms with Crippen molar-refractivity contribution in [1.29, 1.82) is 0 Å². The van der Waals surface area contributed by atoms with Gasteiger partial charge in [-0.1, -0.05) is 29.8 Å². The highest BCUT2D eigenvalue weighted by atomic mass is 16.5. The van der Waals surface area contributed by atoms with Crippen molar-refractivity contribution in [3.8, 4) is 5.75 Å². The molecule has 1 unspecified atom stereocenters. The van der Waals surface area contributed by atoms with Gasteiger partial charge >= 0.3 is 0 Å². The molecular formula is C24H29N3O3. The van der Waals surface area contributed by atoms with Crippen LogP contribution in [0, 0.1) is 19.8 Å². The summed E-state index contributed by atoms with van der Waals surface area (Å²) < 4.78 is 5.47. The molecule has 6 nitrogen and oxygen atoms in total. The van der Waals surface area contributed by atoms with Crippen LogP contribution in [0.5, 0.6) is 5.75 Å². The van der Waals surface area contributed by atoms with E-state index in [1.54, 1.807) is 12.0 Å². The molecule has 1 atom stereocenters. The van der Waals surface area contributed by atoms with Crippen molar-refractivity contribution >= 4 is 23.2 Å². The Balaban J connectivity index is 1.39. The van der Waals surface area contributed by atoms with E-state index in [9.17, 15) is 9.59 Å². The number of nitrogens with zero attached hydrogens (tertiary/aromatic N) is 3. The van der Waals surface area contributed by atoms with Crippen molar-refractivity contribution in [2.24, 2.45) is 5.92 Å². The van der Waals surface area contributed by atoms with E-state index in [4.69, 9.17) is 4.74 Å². The predicted octanol–water partition coefficient (Wildman–Crippen LogP) is 3.01. The molecule has 2 aromatic carbocycles. The monoisotopic (exact) mass is 407 g/mol. The Bertz CT molecular complexity index is 950. The van der Waals surface area contributed by atoms with E-state index in [0.29, 0.717) is 26.1 Å². The van der Waals surface area contributed by atoms with Gasteiger partial charge in [0.2, 0.25) is 11.8 Å². The number of methoxy groups -OCH3 is 1. The van der Waals surface area contributed by atoms with Crippen LogP contribution in [-0.4, -0.2) is 56.5 Å². The standard InChI is InChI=1S/C24H29N3O3/c1-17-8-9-20(18(2)14-17)27-16-19(15-23(27)28)24(29)26-12-10-25(11-13-26)21-6-4-5-7-22(21)30-3/h4-9,14,19H,10-13,15-16H2,1-3H3. The molecule has 158 valence electrons. The minimum absolute atomic E-state index is 0.0351. The van der Waals surface area contributed by atoms with E-state index >= 15 is 0 Å². The highest BCUT2D eigenvalue weighted by molar-refractivity contribution is 6.00. The second-order valence-corrected chi connectivity index (χ2v) is 8.18. The molecular weight excluding hydrogens is 378 g/mol. The van der Waals surface area contributed by atoms with E-state index in [-0.39, 0.29) is 17.7 Å². The van der Waals surface area contributed by atoms with Gasteiger partial charge in [0, 0.05) is 44.8 Å². The lowest BCUT2D eigenvalue weighted by atomic mass is 10.1. The minimum atomic E-state index is -0.268. The summed E-state index contributed by atoms with van der Waals surface area (Å²) in [6, 6.07) is 14.0. The quantitative estimate of drug-likeness (QED) is 0.782. The Labute approximate surface area is 178 Å². The van der Waals surface area contributed by atoms with E-state index in [1.807, 2.05) is 55.1 Å². The molecule has 2 heterocycles. The highest BCUT2D eigenvalue weighted by Crippen LogP contribution is 2.31. The molecule has 0 radical (unpaired) electrons. The third-order valence-electron chi connectivity index (χ3n) is 6.13. The Hall–Kier alpha value is -3.02. The van der Waals surface area contributed by atoms with Gasteiger partial charge < -0.3 is 19.4 Å². The molecule has 0 spiro atoms. The van der Waals surface area contributed by atoms with Gasteiger partial charge in [-0.2, -0.15) is 0 Å². The van der Waals surface area contributed by atoms with E-state index in [0.717, 1.165) is 35.8 Å². The number of rotatable bonds is 4. The summed E-state index contributed by atoms with van der Waals surface area (Å²) >= 11 is 0. The minimum Gasteiger partial charge on any atom is -0.495 e. The number of piperazine rings is 1. The summed E-state index contributed by atoms with van der Waals surface area (Å²) in [5, 5.41) is 0. The first kappa shape index (κ1) is 20.3. The van der Waals surface area contributed by atoms with Crippen molar-refractivity contribution in [1.82, 2.24) is 4.90 Å². The zero-order valence-electron chi connectivity index (χ0n) is 17.9. The average molecular weight is 408 g/mol. The number of carbonyl (C=O) groups is 2. The van der Waals surface area contributed by atoms with Crippen LogP contribution in [0.2, 0.25) is 0 Å². The van der Waals surface area contributed by atoms with Crippen LogP contribution in [0.3, 0.4) is 0 Å². The molecule has 0 bridgehead atoms. The SMILES string of the molecule is COc1ccccc1N1CCN(C(=O)C2CC(=O)N(c3ccc(C)cc3C)C2)CC1. The Kier molecular flexibility index (Phi) is 5.66. The maximum atomic E-state index is 13.1. The third kappa shape index (κ3) is 3.86. The van der Waals surface area contributed by atoms with Crippen molar-refractivity contribution in [2.45, 2.75) is 20.3 Å². The number of aryl methyl sites for hydroxylation is 2. The van der Waals surface area contributed by atoms with E-state index in [2.05, 4.69) is 11.0 Å². The molecule has 6 heteroatoms. The predicted molar refractivity (Wildman–Crippen MR) is 118 cm³/mol. The van der Waals surface area contributed by atoms with Crippen molar-refractivity contribution in [2.75, 3.05) is 49.6 Å². The zero-order valence-corrected chi connectivity index (χ0v) is 17.9. The van der Waals surface area contributed by atoms with Crippen LogP contribution in [0.15, 0.2) is 42.5 Å². The number of benzene rings is 2. The van der Waals surface area contributed by atoms with Gasteiger partial charge in [0.15, 0.2) is 0 Å². The van der Waals surface area contributed by atoms with Gasteiger partial charge in [-0.05, 0) is 37.6 Å². The number of hydrogen-bond donors (Lipinski definition) is 0. The number of hydrogen-bond acceptors (Lipinski definition) is 4. The van der Waals surface area contributed by atoms with Crippen molar-refractivity contribution < 1.29 is 14.3 Å². The third-order valence-corrected chi connectivity index (χ3v) is 6.13. The van der Waals surface area contributed by atoms with Crippen LogP contribution in [0.1, 0.15) is 17.5 Å². The van der Waals surface area contributed by atoms with Gasteiger partial charge in [-0.25, -0.2) is 0 Å². The first-order chi connectivity index (χ1) is 14.5. The smallest absolute Gasteiger partial charge is 0.228 e. The summed E-state index contributed by atoms with van der Waals surface area (Å²) in [6.45, 7) is 7.35. The van der Waals surface area contributed by atoms with Crippen LogP contribution in [0.25, 0.3) is 0 Å². The maximum Gasteiger partial charge on any atom is 0.228 e. The van der Waals surface area contributed by atoms with Crippen LogP contribution in [-0.2, 0) is 9.59 Å². The second-order valence-electron chi connectivity index (χ2n) is 8.18. The molecule has 0 saturated carbocycles. The van der Waals surface area contributed by atoms with E-state index < -0.39 is 0 Å². The first-order valence-electron chi connectivity index (χ1n) is 10.5. The molecule has 0 N–H and O–H groups in total. The molecule has 30 heavy (non-hydrogen) atoms. The summed E-state index contributed by atoms with van der Waals surface area (Å²) in [7, 11) is 1.68. The fraction of sp³-hybridized carbons (Fsp3) is 0.417. The number of amides is 2. The normalized spacial score (nSPS) is 19.4.